The summed E-state index contributed by atoms with van der Waals surface area (Å²) in [5.74, 6) is -0.277. The van der Waals surface area contributed by atoms with Crippen molar-refractivity contribution in [3.8, 4) is 0 Å². The highest BCUT2D eigenvalue weighted by Gasteiger charge is 2.48. The van der Waals surface area contributed by atoms with Crippen LogP contribution in [0.15, 0.2) is 24.3 Å². The van der Waals surface area contributed by atoms with Crippen LogP contribution in [0.2, 0.25) is 0 Å². The number of unbranched alkanes of at least 4 members (excludes halogenated alkanes) is 26. The molecule has 7 unspecified atom stereocenters. The van der Waals surface area contributed by atoms with Crippen molar-refractivity contribution in [3.63, 3.8) is 0 Å². The van der Waals surface area contributed by atoms with Gasteiger partial charge in [-0.15, -0.1) is 0 Å². The Bertz CT molecular complexity index is 1150. The topological polar surface area (TPSA) is 192 Å². The van der Waals surface area contributed by atoms with Gasteiger partial charge in [0.25, 0.3) is 0 Å². The van der Waals surface area contributed by atoms with Crippen LogP contribution in [0.1, 0.15) is 206 Å². The number of aliphatic hydroxyl groups is 4. The van der Waals surface area contributed by atoms with Crippen LogP contribution < -0.4 is 5.32 Å². The van der Waals surface area contributed by atoms with Crippen LogP contribution in [0.25, 0.3) is 0 Å². The molecule has 59 heavy (non-hydrogen) atoms. The van der Waals surface area contributed by atoms with Crippen LogP contribution in [0, 0.1) is 0 Å². The van der Waals surface area contributed by atoms with E-state index < -0.39 is 59.9 Å². The van der Waals surface area contributed by atoms with E-state index in [4.69, 9.17) is 14.0 Å². The van der Waals surface area contributed by atoms with Crippen molar-refractivity contribution >= 4 is 16.3 Å². The lowest BCUT2D eigenvalue weighted by molar-refractivity contribution is -0.298. The van der Waals surface area contributed by atoms with E-state index in [1.165, 1.54) is 128 Å². The molecule has 12 nitrogen and oxygen atoms in total. The number of nitrogens with one attached hydrogen (secondary N) is 1. The van der Waals surface area contributed by atoms with E-state index in [9.17, 15) is 33.6 Å². The lowest BCUT2D eigenvalue weighted by Crippen LogP contribution is -2.61. The minimum Gasteiger partial charge on any atom is -0.394 e. The van der Waals surface area contributed by atoms with Gasteiger partial charge in [-0.05, 0) is 38.5 Å². The molecule has 1 rings (SSSR count). The number of hydrogen-bond donors (Lipinski definition) is 6. The van der Waals surface area contributed by atoms with E-state index in [1.807, 2.05) is 6.08 Å². The highest BCUT2D eigenvalue weighted by atomic mass is 32.3. The average molecular weight is 862 g/mol. The van der Waals surface area contributed by atoms with Crippen molar-refractivity contribution in [1.29, 1.82) is 0 Å². The molecule has 1 aliphatic heterocycles. The average Bonchev–Trinajstić information content (AvgIpc) is 3.20. The summed E-state index contributed by atoms with van der Waals surface area (Å²) in [6.45, 7) is 3.33. The molecule has 1 saturated heterocycles. The molecular formula is C46H87NO11S. The molecule has 0 aromatic carbocycles. The Hall–Kier alpha value is -1.42. The second kappa shape index (κ2) is 37.2. The number of allylic oxidation sites excluding steroid dienone is 3. The van der Waals surface area contributed by atoms with Gasteiger partial charge in [0.05, 0.1) is 25.4 Å². The highest BCUT2D eigenvalue weighted by molar-refractivity contribution is 7.80. The van der Waals surface area contributed by atoms with Gasteiger partial charge in [-0.1, -0.05) is 186 Å². The molecule has 1 fully saturated rings. The maximum absolute atomic E-state index is 13.0. The van der Waals surface area contributed by atoms with Gasteiger partial charge < -0.3 is 35.2 Å². The van der Waals surface area contributed by atoms with Crippen molar-refractivity contribution in [2.75, 3.05) is 13.2 Å². The van der Waals surface area contributed by atoms with Crippen molar-refractivity contribution in [3.05, 3.63) is 24.3 Å². The monoisotopic (exact) mass is 862 g/mol. The summed E-state index contributed by atoms with van der Waals surface area (Å²) in [5.41, 5.74) is 0. The third-order valence-electron chi connectivity index (χ3n) is 11.2. The second-order valence-electron chi connectivity index (χ2n) is 16.7. The Morgan fingerprint density at radius 1 is 0.661 bits per heavy atom. The predicted octanol–water partition coefficient (Wildman–Crippen LogP) is 9.33. The van der Waals surface area contributed by atoms with Crippen molar-refractivity contribution in [1.82, 2.24) is 5.32 Å². The fourth-order valence-electron chi connectivity index (χ4n) is 7.49. The first-order valence-corrected chi connectivity index (χ1v) is 25.1. The molecule has 0 radical (unpaired) electrons. The molecule has 1 amide bonds. The van der Waals surface area contributed by atoms with Crippen molar-refractivity contribution in [2.24, 2.45) is 0 Å². The zero-order valence-corrected chi connectivity index (χ0v) is 37.9. The third kappa shape index (κ3) is 30.3. The van der Waals surface area contributed by atoms with Crippen LogP contribution in [-0.4, -0.2) is 95.4 Å². The summed E-state index contributed by atoms with van der Waals surface area (Å²) in [6.07, 6.45) is 33.8. The molecule has 0 bridgehead atoms. The molecule has 1 heterocycles. The quantitative estimate of drug-likeness (QED) is 0.0195. The van der Waals surface area contributed by atoms with E-state index in [0.717, 1.165) is 51.4 Å². The van der Waals surface area contributed by atoms with Gasteiger partial charge in [0.2, 0.25) is 5.91 Å². The first kappa shape index (κ1) is 55.6. The normalized spacial score (nSPS) is 21.1. The van der Waals surface area contributed by atoms with Crippen molar-refractivity contribution in [2.45, 2.75) is 249 Å². The zero-order valence-electron chi connectivity index (χ0n) is 37.1. The number of carbonyl (C=O) groups excluding carboxylic acids is 1. The summed E-state index contributed by atoms with van der Waals surface area (Å²) in [7, 11) is -5.08. The number of aliphatic hydroxyl groups excluding tert-OH is 4. The van der Waals surface area contributed by atoms with E-state index in [2.05, 4.69) is 35.5 Å². The van der Waals surface area contributed by atoms with Crippen molar-refractivity contribution < 1.29 is 51.8 Å². The standard InChI is InChI=1S/C46H87NO11S/c1-3-5-7-9-11-13-15-16-17-18-19-20-21-22-23-24-25-26-27-29-31-33-35-40(49)39(47-42(50)36-34-32-30-28-14-12-10-8-6-4-2)38-56-46-44(52)45(58-59(53,54)55)43(51)41(37-48)57-46/h10,12,33,35,39-41,43-46,48-49,51-52H,3-9,11,13-32,34,36-38H2,1-2H3,(H,47,50)(H,53,54,55)/b12-10-,35-33+. The van der Waals surface area contributed by atoms with Gasteiger partial charge in [0.15, 0.2) is 6.29 Å². The molecule has 6 N–H and O–H groups in total. The van der Waals surface area contributed by atoms with Crippen LogP contribution in [0.5, 0.6) is 0 Å². The van der Waals surface area contributed by atoms with Gasteiger partial charge in [-0.3, -0.25) is 9.35 Å². The maximum Gasteiger partial charge on any atom is 0.397 e. The Kier molecular flexibility index (Phi) is 35.0. The number of carbonyl (C=O) groups is 1. The number of rotatable bonds is 40. The van der Waals surface area contributed by atoms with E-state index in [1.54, 1.807) is 6.08 Å². The zero-order chi connectivity index (χ0) is 43.4. The molecular weight excluding hydrogens is 775 g/mol. The molecule has 0 aromatic rings. The first-order valence-electron chi connectivity index (χ1n) is 23.7. The smallest absolute Gasteiger partial charge is 0.394 e. The Labute approximate surface area is 359 Å². The Morgan fingerprint density at radius 2 is 1.10 bits per heavy atom. The van der Waals surface area contributed by atoms with E-state index in [0.29, 0.717) is 6.42 Å². The molecule has 1 aliphatic rings. The minimum atomic E-state index is -5.08. The van der Waals surface area contributed by atoms with Crippen LogP contribution >= 0.6 is 0 Å². The van der Waals surface area contributed by atoms with Gasteiger partial charge in [-0.2, -0.15) is 8.42 Å². The van der Waals surface area contributed by atoms with E-state index in [-0.39, 0.29) is 18.9 Å². The Morgan fingerprint density at radius 3 is 1.58 bits per heavy atom. The lowest BCUT2D eigenvalue weighted by Gasteiger charge is -2.41. The van der Waals surface area contributed by atoms with Crippen LogP contribution in [0.3, 0.4) is 0 Å². The van der Waals surface area contributed by atoms with Gasteiger partial charge >= 0.3 is 10.4 Å². The molecule has 13 heteroatoms. The molecule has 7 atom stereocenters. The third-order valence-corrected chi connectivity index (χ3v) is 11.7. The maximum atomic E-state index is 13.0. The summed E-state index contributed by atoms with van der Waals surface area (Å²) in [6, 6.07) is -0.946. The number of hydrogen-bond acceptors (Lipinski definition) is 10. The van der Waals surface area contributed by atoms with Gasteiger partial charge in [0, 0.05) is 6.42 Å². The first-order chi connectivity index (χ1) is 28.5. The summed E-state index contributed by atoms with van der Waals surface area (Å²) < 4.78 is 47.5. The molecule has 0 aromatic heterocycles. The molecule has 0 aliphatic carbocycles. The SMILES string of the molecule is CCCC/C=C\CCCCCCC(=O)NC(COC1OC(CO)C(O)C(OS(=O)(=O)O)C1O)C(O)/C=C/CCCCCCCCCCCCCCCCCCCCCC. The highest BCUT2D eigenvalue weighted by Crippen LogP contribution is 2.26. The summed E-state index contributed by atoms with van der Waals surface area (Å²) >= 11 is 0. The predicted molar refractivity (Wildman–Crippen MR) is 236 cm³/mol. The fourth-order valence-corrected chi connectivity index (χ4v) is 8.00. The summed E-state index contributed by atoms with van der Waals surface area (Å²) in [5, 5.41) is 44.6. The minimum absolute atomic E-state index is 0.254. The molecule has 348 valence electrons. The van der Waals surface area contributed by atoms with Gasteiger partial charge in [0.1, 0.15) is 24.4 Å². The molecule has 0 saturated carbocycles. The number of ether oxygens (including phenoxy) is 2. The Balaban J connectivity index is 2.44. The summed E-state index contributed by atoms with van der Waals surface area (Å²) in [4.78, 5) is 13.0. The van der Waals surface area contributed by atoms with Crippen LogP contribution in [-0.2, 0) is 28.9 Å². The molecule has 0 spiro atoms. The van der Waals surface area contributed by atoms with Crippen LogP contribution in [0.4, 0.5) is 0 Å². The van der Waals surface area contributed by atoms with E-state index >= 15 is 0 Å². The lowest BCUT2D eigenvalue weighted by atomic mass is 9.99. The second-order valence-corrected chi connectivity index (χ2v) is 17.7. The van der Waals surface area contributed by atoms with Gasteiger partial charge in [-0.25, -0.2) is 4.18 Å². The number of amides is 1. The largest absolute Gasteiger partial charge is 0.397 e. The fraction of sp³-hybridized carbons (Fsp3) is 0.891.